The zero-order valence-corrected chi connectivity index (χ0v) is 10.6. The molecule has 0 bridgehead atoms. The van der Waals surface area contributed by atoms with Crippen LogP contribution in [0.1, 0.15) is 0 Å². The first-order valence-electron chi connectivity index (χ1n) is 5.84. The SMILES string of the molecule is Nc1ccc2sc3ccc(NCCO)cc3c2c1. The van der Waals surface area contributed by atoms with Gasteiger partial charge in [0.05, 0.1) is 6.61 Å². The fourth-order valence-electron chi connectivity index (χ4n) is 2.11. The Kier molecular flexibility index (Phi) is 2.81. The molecular formula is C14H14N2OS. The van der Waals surface area contributed by atoms with Gasteiger partial charge in [-0.1, -0.05) is 0 Å². The van der Waals surface area contributed by atoms with E-state index in [9.17, 15) is 0 Å². The van der Waals surface area contributed by atoms with E-state index in [2.05, 4.69) is 23.5 Å². The van der Waals surface area contributed by atoms with Gasteiger partial charge in [-0.25, -0.2) is 0 Å². The second-order valence-electron chi connectivity index (χ2n) is 4.22. The molecule has 0 aliphatic heterocycles. The van der Waals surface area contributed by atoms with Gasteiger partial charge in [0, 0.05) is 38.1 Å². The van der Waals surface area contributed by atoms with Crippen molar-refractivity contribution in [1.29, 1.82) is 0 Å². The molecule has 2 aromatic carbocycles. The fraction of sp³-hybridized carbons (Fsp3) is 0.143. The fourth-order valence-corrected chi connectivity index (χ4v) is 3.17. The van der Waals surface area contributed by atoms with Gasteiger partial charge in [0.2, 0.25) is 0 Å². The summed E-state index contributed by atoms with van der Waals surface area (Å²) >= 11 is 1.77. The minimum atomic E-state index is 0.134. The van der Waals surface area contributed by atoms with E-state index in [0.717, 1.165) is 11.4 Å². The molecule has 0 saturated carbocycles. The van der Waals surface area contributed by atoms with Crippen molar-refractivity contribution >= 4 is 42.9 Å². The first-order chi connectivity index (χ1) is 8.78. The average Bonchev–Trinajstić information content (AvgIpc) is 2.74. The lowest BCUT2D eigenvalue weighted by molar-refractivity contribution is 0.311. The number of aliphatic hydroxyl groups excluding tert-OH is 1. The van der Waals surface area contributed by atoms with Crippen LogP contribution in [0.4, 0.5) is 11.4 Å². The van der Waals surface area contributed by atoms with Crippen molar-refractivity contribution in [3.8, 4) is 0 Å². The highest BCUT2D eigenvalue weighted by Gasteiger charge is 2.05. The molecule has 1 heterocycles. The molecule has 4 N–H and O–H groups in total. The van der Waals surface area contributed by atoms with Gasteiger partial charge in [0.15, 0.2) is 0 Å². The zero-order valence-electron chi connectivity index (χ0n) is 9.81. The number of nitrogens with one attached hydrogen (secondary N) is 1. The van der Waals surface area contributed by atoms with Crippen molar-refractivity contribution in [2.75, 3.05) is 24.2 Å². The van der Waals surface area contributed by atoms with Gasteiger partial charge in [0.25, 0.3) is 0 Å². The van der Waals surface area contributed by atoms with Gasteiger partial charge in [-0.05, 0) is 36.4 Å². The van der Waals surface area contributed by atoms with Crippen LogP contribution in [0.25, 0.3) is 20.2 Å². The van der Waals surface area contributed by atoms with Crippen molar-refractivity contribution < 1.29 is 5.11 Å². The summed E-state index contributed by atoms with van der Waals surface area (Å²) in [5.74, 6) is 0. The molecule has 18 heavy (non-hydrogen) atoms. The van der Waals surface area contributed by atoms with Gasteiger partial charge in [-0.3, -0.25) is 0 Å². The maximum absolute atomic E-state index is 8.83. The first-order valence-corrected chi connectivity index (χ1v) is 6.66. The van der Waals surface area contributed by atoms with Gasteiger partial charge >= 0.3 is 0 Å². The van der Waals surface area contributed by atoms with Crippen LogP contribution in [0, 0.1) is 0 Å². The smallest absolute Gasteiger partial charge is 0.0604 e. The number of aliphatic hydroxyl groups is 1. The van der Waals surface area contributed by atoms with Crippen molar-refractivity contribution in [3.63, 3.8) is 0 Å². The standard InChI is InChI=1S/C14H14N2OS/c15-9-1-3-13-11(7-9)12-8-10(16-5-6-17)2-4-14(12)18-13/h1-4,7-8,16-17H,5-6,15H2. The molecule has 0 saturated heterocycles. The van der Waals surface area contributed by atoms with Crippen molar-refractivity contribution in [3.05, 3.63) is 36.4 Å². The van der Waals surface area contributed by atoms with Crippen LogP contribution in [0.2, 0.25) is 0 Å². The minimum Gasteiger partial charge on any atom is -0.399 e. The van der Waals surface area contributed by atoms with Crippen LogP contribution in [-0.4, -0.2) is 18.3 Å². The van der Waals surface area contributed by atoms with Crippen LogP contribution < -0.4 is 11.1 Å². The molecule has 4 heteroatoms. The van der Waals surface area contributed by atoms with Crippen molar-refractivity contribution in [1.82, 2.24) is 0 Å². The molecular weight excluding hydrogens is 244 g/mol. The number of fused-ring (bicyclic) bond motifs is 3. The highest BCUT2D eigenvalue weighted by atomic mass is 32.1. The summed E-state index contributed by atoms with van der Waals surface area (Å²) in [6.45, 7) is 0.699. The quantitative estimate of drug-likeness (QED) is 0.633. The zero-order chi connectivity index (χ0) is 12.5. The van der Waals surface area contributed by atoms with E-state index in [0.29, 0.717) is 6.54 Å². The third-order valence-electron chi connectivity index (χ3n) is 2.93. The van der Waals surface area contributed by atoms with E-state index in [1.165, 1.54) is 20.2 Å². The van der Waals surface area contributed by atoms with E-state index in [4.69, 9.17) is 10.8 Å². The van der Waals surface area contributed by atoms with Crippen LogP contribution in [0.15, 0.2) is 36.4 Å². The Balaban J connectivity index is 2.18. The molecule has 0 aliphatic carbocycles. The van der Waals surface area contributed by atoms with E-state index < -0.39 is 0 Å². The summed E-state index contributed by atoms with van der Waals surface area (Å²) in [6, 6.07) is 12.3. The Bertz CT molecular complexity index is 705. The second kappa shape index (κ2) is 4.48. The van der Waals surface area contributed by atoms with Gasteiger partial charge < -0.3 is 16.2 Å². The van der Waals surface area contributed by atoms with Crippen LogP contribution in [-0.2, 0) is 0 Å². The first kappa shape index (κ1) is 11.3. The average molecular weight is 258 g/mol. The highest BCUT2D eigenvalue weighted by Crippen LogP contribution is 2.36. The molecule has 0 radical (unpaired) electrons. The largest absolute Gasteiger partial charge is 0.399 e. The monoisotopic (exact) mass is 258 g/mol. The molecule has 0 spiro atoms. The summed E-state index contributed by atoms with van der Waals surface area (Å²) in [5.41, 5.74) is 7.66. The molecule has 0 aliphatic rings. The number of nitrogen functional groups attached to an aromatic ring is 1. The van der Waals surface area contributed by atoms with E-state index in [-0.39, 0.29) is 6.61 Å². The Morgan fingerprint density at radius 3 is 2.56 bits per heavy atom. The van der Waals surface area contributed by atoms with Crippen LogP contribution in [0.3, 0.4) is 0 Å². The Morgan fingerprint density at radius 1 is 1.06 bits per heavy atom. The lowest BCUT2D eigenvalue weighted by Crippen LogP contribution is -2.04. The molecule has 92 valence electrons. The molecule has 0 fully saturated rings. The van der Waals surface area contributed by atoms with E-state index in [1.54, 1.807) is 11.3 Å². The predicted octanol–water partition coefficient (Wildman–Crippen LogP) is 3.04. The second-order valence-corrected chi connectivity index (χ2v) is 5.30. The van der Waals surface area contributed by atoms with Gasteiger partial charge in [-0.2, -0.15) is 0 Å². The predicted molar refractivity (Wildman–Crippen MR) is 79.3 cm³/mol. The van der Waals surface area contributed by atoms with E-state index in [1.807, 2.05) is 18.2 Å². The summed E-state index contributed by atoms with van der Waals surface area (Å²) in [4.78, 5) is 0. The van der Waals surface area contributed by atoms with E-state index >= 15 is 0 Å². The lowest BCUT2D eigenvalue weighted by atomic mass is 10.1. The third kappa shape index (κ3) is 1.89. The summed E-state index contributed by atoms with van der Waals surface area (Å²) in [7, 11) is 0. The number of rotatable bonds is 3. The highest BCUT2D eigenvalue weighted by molar-refractivity contribution is 7.25. The molecule has 3 nitrogen and oxygen atoms in total. The topological polar surface area (TPSA) is 58.3 Å². The summed E-state index contributed by atoms with van der Waals surface area (Å²) < 4.78 is 2.50. The number of benzene rings is 2. The Labute approximate surface area is 109 Å². The van der Waals surface area contributed by atoms with Crippen molar-refractivity contribution in [2.24, 2.45) is 0 Å². The summed E-state index contributed by atoms with van der Waals surface area (Å²) in [6.07, 6.45) is 0. The molecule has 1 aromatic heterocycles. The molecule has 0 atom stereocenters. The number of hydrogen-bond donors (Lipinski definition) is 3. The van der Waals surface area contributed by atoms with Crippen LogP contribution in [0.5, 0.6) is 0 Å². The van der Waals surface area contributed by atoms with Crippen molar-refractivity contribution in [2.45, 2.75) is 0 Å². The lowest BCUT2D eigenvalue weighted by Gasteiger charge is -2.04. The maximum Gasteiger partial charge on any atom is 0.0604 e. The summed E-state index contributed by atoms with van der Waals surface area (Å²) in [5, 5.41) is 14.4. The molecule has 3 aromatic rings. The maximum atomic E-state index is 8.83. The molecule has 0 amide bonds. The van der Waals surface area contributed by atoms with Gasteiger partial charge in [0.1, 0.15) is 0 Å². The van der Waals surface area contributed by atoms with Crippen LogP contribution >= 0.6 is 11.3 Å². The molecule has 0 unspecified atom stereocenters. The van der Waals surface area contributed by atoms with Gasteiger partial charge in [-0.15, -0.1) is 11.3 Å². The number of nitrogens with two attached hydrogens (primary N) is 1. The molecule has 3 rings (SSSR count). The Hall–Kier alpha value is -1.78. The Morgan fingerprint density at radius 2 is 1.78 bits per heavy atom. The number of hydrogen-bond acceptors (Lipinski definition) is 4. The third-order valence-corrected chi connectivity index (χ3v) is 4.09. The number of thiophene rings is 1. The number of anilines is 2. The minimum absolute atomic E-state index is 0.134. The normalized spacial score (nSPS) is 11.2.